The number of fused-ring (bicyclic) bond motifs is 1. The van der Waals surface area contributed by atoms with Crippen LogP contribution in [0.3, 0.4) is 0 Å². The van der Waals surface area contributed by atoms with E-state index in [4.69, 9.17) is 18.7 Å². The molecule has 0 aliphatic carbocycles. The molecule has 196 valence electrons. The van der Waals surface area contributed by atoms with E-state index in [-0.39, 0.29) is 30.7 Å². The Morgan fingerprint density at radius 2 is 1.94 bits per heavy atom. The molecule has 10 heteroatoms. The Morgan fingerprint density at radius 3 is 2.54 bits per heavy atom. The zero-order valence-electron chi connectivity index (χ0n) is 21.8. The minimum absolute atomic E-state index is 0.0219. The van der Waals surface area contributed by atoms with Crippen LogP contribution in [0, 0.1) is 6.92 Å². The average Bonchev–Trinajstić information content (AvgIpc) is 3.12. The molecule has 1 aromatic rings. The summed E-state index contributed by atoms with van der Waals surface area (Å²) in [5.74, 6) is -0.329. The molecule has 0 spiro atoms. The largest absolute Gasteiger partial charge is 0.514 e. The molecular formula is C25H38NO8P. The lowest BCUT2D eigenvalue weighted by molar-refractivity contribution is 0.0202. The van der Waals surface area contributed by atoms with E-state index in [1.807, 2.05) is 26.8 Å². The lowest BCUT2D eigenvalue weighted by Gasteiger charge is -2.22. The summed E-state index contributed by atoms with van der Waals surface area (Å²) in [5.41, 5.74) is 3.94. The third-order valence-electron chi connectivity index (χ3n) is 5.51. The Morgan fingerprint density at radius 1 is 1.26 bits per heavy atom. The van der Waals surface area contributed by atoms with E-state index in [9.17, 15) is 19.0 Å². The highest BCUT2D eigenvalue weighted by Crippen LogP contribution is 2.41. The van der Waals surface area contributed by atoms with Crippen LogP contribution in [0.2, 0.25) is 0 Å². The number of carbonyl (C=O) groups is 2. The zero-order valence-corrected chi connectivity index (χ0v) is 22.7. The number of hydrogen-bond acceptors (Lipinski definition) is 8. The van der Waals surface area contributed by atoms with E-state index in [1.54, 1.807) is 27.7 Å². The fraction of sp³-hybridized carbons (Fsp3) is 0.600. The minimum Gasteiger partial charge on any atom is -0.457 e. The van der Waals surface area contributed by atoms with Crippen LogP contribution in [-0.2, 0) is 38.0 Å². The maximum atomic E-state index is 12.6. The Balaban J connectivity index is 2.29. The van der Waals surface area contributed by atoms with Crippen molar-refractivity contribution in [1.29, 1.82) is 0 Å². The molecule has 2 N–H and O–H groups in total. The summed E-state index contributed by atoms with van der Waals surface area (Å²) in [6.45, 7) is 14.0. The standard InChI is InChI=1S/C25H38NO8P/c1-8-18-17(4)20-15-31-23(27)21(20)22(33-24(28)34-25(5,6)7)19(18)11-10-16(3)14-26-12-13-35(29,30)32-9-2/h10,26H,8-9,11-15H2,1-7H3,(H,29,30)/b16-10+. The van der Waals surface area contributed by atoms with Gasteiger partial charge in [-0.1, -0.05) is 18.6 Å². The Hall–Kier alpha value is -2.19. The molecule has 0 radical (unpaired) electrons. The van der Waals surface area contributed by atoms with Crippen molar-refractivity contribution in [3.63, 3.8) is 0 Å². The predicted octanol–water partition coefficient (Wildman–Crippen LogP) is 4.84. The van der Waals surface area contributed by atoms with Gasteiger partial charge in [0, 0.05) is 24.2 Å². The van der Waals surface area contributed by atoms with E-state index in [2.05, 4.69) is 5.32 Å². The highest BCUT2D eigenvalue weighted by atomic mass is 31.2. The second-order valence-corrected chi connectivity index (χ2v) is 11.5. The maximum absolute atomic E-state index is 12.6. The number of rotatable bonds is 11. The van der Waals surface area contributed by atoms with Gasteiger partial charge in [-0.2, -0.15) is 0 Å². The fourth-order valence-corrected chi connectivity index (χ4v) is 4.88. The Bertz CT molecular complexity index is 1030. The van der Waals surface area contributed by atoms with E-state index in [0.717, 1.165) is 27.8 Å². The zero-order chi connectivity index (χ0) is 26.4. The molecule has 1 atom stereocenters. The predicted molar refractivity (Wildman–Crippen MR) is 133 cm³/mol. The molecule has 2 rings (SSSR count). The summed E-state index contributed by atoms with van der Waals surface area (Å²) < 4.78 is 32.9. The van der Waals surface area contributed by atoms with Crippen molar-refractivity contribution in [2.24, 2.45) is 0 Å². The van der Waals surface area contributed by atoms with Crippen LogP contribution < -0.4 is 10.1 Å². The van der Waals surface area contributed by atoms with Crippen LogP contribution in [0.5, 0.6) is 5.75 Å². The van der Waals surface area contributed by atoms with Crippen molar-refractivity contribution < 1.29 is 37.8 Å². The van der Waals surface area contributed by atoms with E-state index in [1.165, 1.54) is 0 Å². The molecule has 1 aliphatic rings. The van der Waals surface area contributed by atoms with Crippen LogP contribution in [0.15, 0.2) is 11.6 Å². The van der Waals surface area contributed by atoms with E-state index >= 15 is 0 Å². The van der Waals surface area contributed by atoms with Gasteiger partial charge < -0.3 is 28.9 Å². The molecule has 0 saturated heterocycles. The summed E-state index contributed by atoms with van der Waals surface area (Å²) in [6.07, 6.45) is 2.23. The second kappa shape index (κ2) is 12.2. The second-order valence-electron chi connectivity index (χ2n) is 9.47. The van der Waals surface area contributed by atoms with Crippen molar-refractivity contribution in [2.75, 3.05) is 25.9 Å². The van der Waals surface area contributed by atoms with Gasteiger partial charge in [0.25, 0.3) is 0 Å². The summed E-state index contributed by atoms with van der Waals surface area (Å²) in [7, 11) is -3.57. The van der Waals surface area contributed by atoms with Crippen LogP contribution in [0.4, 0.5) is 4.79 Å². The van der Waals surface area contributed by atoms with Crippen molar-refractivity contribution in [1.82, 2.24) is 5.32 Å². The van der Waals surface area contributed by atoms with Crippen LogP contribution in [0.1, 0.15) is 74.2 Å². The molecule has 0 bridgehead atoms. The van der Waals surface area contributed by atoms with Gasteiger partial charge in [0.05, 0.1) is 12.8 Å². The number of esters is 1. The first kappa shape index (κ1) is 29.0. The van der Waals surface area contributed by atoms with E-state index in [0.29, 0.717) is 25.9 Å². The average molecular weight is 512 g/mol. The number of benzene rings is 1. The van der Waals surface area contributed by atoms with Crippen molar-refractivity contribution in [3.05, 3.63) is 39.5 Å². The van der Waals surface area contributed by atoms with Crippen molar-refractivity contribution in [2.45, 2.75) is 73.5 Å². The topological polar surface area (TPSA) is 120 Å². The van der Waals surface area contributed by atoms with Gasteiger partial charge >= 0.3 is 19.7 Å². The Kier molecular flexibility index (Phi) is 10.1. The molecule has 1 heterocycles. The van der Waals surface area contributed by atoms with Crippen molar-refractivity contribution >= 4 is 19.7 Å². The van der Waals surface area contributed by atoms with E-state index < -0.39 is 25.3 Å². The molecule has 1 aromatic carbocycles. The van der Waals surface area contributed by atoms with Gasteiger partial charge in [-0.3, -0.25) is 4.57 Å². The van der Waals surface area contributed by atoms with Gasteiger partial charge in [-0.05, 0) is 65.5 Å². The summed E-state index contributed by atoms with van der Waals surface area (Å²) >= 11 is 0. The SMILES string of the molecule is CCOP(=O)(O)CCNC/C(C)=C/Cc1c(CC)c(C)c2c(c1OC(=O)OC(C)(C)C)C(=O)OC2. The summed E-state index contributed by atoms with van der Waals surface area (Å²) in [6, 6.07) is 0. The first-order valence-electron chi connectivity index (χ1n) is 11.9. The number of ether oxygens (including phenoxy) is 3. The first-order chi connectivity index (χ1) is 16.3. The highest BCUT2D eigenvalue weighted by molar-refractivity contribution is 7.52. The molecule has 1 unspecified atom stereocenters. The van der Waals surface area contributed by atoms with Gasteiger partial charge in [0.2, 0.25) is 0 Å². The number of carbonyl (C=O) groups excluding carboxylic acids is 2. The Labute approximate surface area is 207 Å². The number of cyclic esters (lactones) is 1. The molecular weight excluding hydrogens is 473 g/mol. The van der Waals surface area contributed by atoms with Gasteiger partial charge in [0.1, 0.15) is 17.8 Å². The lowest BCUT2D eigenvalue weighted by atomic mass is 9.89. The molecule has 35 heavy (non-hydrogen) atoms. The monoisotopic (exact) mass is 511 g/mol. The highest BCUT2D eigenvalue weighted by Gasteiger charge is 2.34. The third kappa shape index (κ3) is 8.17. The number of nitrogens with one attached hydrogen (secondary N) is 1. The molecule has 1 aliphatic heterocycles. The van der Waals surface area contributed by atoms with Gasteiger partial charge in [-0.25, -0.2) is 9.59 Å². The third-order valence-corrected chi connectivity index (χ3v) is 6.96. The number of hydrogen-bond donors (Lipinski definition) is 2. The number of allylic oxidation sites excluding steroid dienone is 1. The smallest absolute Gasteiger partial charge is 0.457 e. The molecule has 9 nitrogen and oxygen atoms in total. The molecule has 0 aromatic heterocycles. The van der Waals surface area contributed by atoms with Crippen molar-refractivity contribution in [3.8, 4) is 5.75 Å². The quantitative estimate of drug-likeness (QED) is 0.141. The van der Waals surface area contributed by atoms with Crippen LogP contribution in [-0.4, -0.2) is 48.5 Å². The fourth-order valence-electron chi connectivity index (χ4n) is 3.91. The van der Waals surface area contributed by atoms with Crippen LogP contribution >= 0.6 is 7.60 Å². The summed E-state index contributed by atoms with van der Waals surface area (Å²) in [5, 5.41) is 3.14. The molecule has 0 amide bonds. The van der Waals surface area contributed by atoms with Gasteiger partial charge in [-0.15, -0.1) is 0 Å². The maximum Gasteiger partial charge on any atom is 0.514 e. The first-order valence-corrected chi connectivity index (χ1v) is 13.6. The molecule has 0 fully saturated rings. The summed E-state index contributed by atoms with van der Waals surface area (Å²) in [4.78, 5) is 34.8. The normalized spacial score (nSPS) is 15.4. The molecule has 0 saturated carbocycles. The van der Waals surface area contributed by atoms with Gasteiger partial charge in [0.15, 0.2) is 5.75 Å². The van der Waals surface area contributed by atoms with Crippen LogP contribution in [0.25, 0.3) is 0 Å². The minimum atomic E-state index is -3.57. The lowest BCUT2D eigenvalue weighted by Crippen LogP contribution is -2.27.